The van der Waals surface area contributed by atoms with E-state index in [9.17, 15) is 0 Å². The highest BCUT2D eigenvalue weighted by molar-refractivity contribution is 5.19. The number of nitrogens with zero attached hydrogens (tertiary/aromatic N) is 2. The largest absolute Gasteiger partial charge is 0.297 e. The Labute approximate surface area is 80.8 Å². The highest BCUT2D eigenvalue weighted by atomic mass is 15.1. The molecule has 1 fully saturated rings. The maximum Gasteiger partial charge on any atom is 0.0941 e. The van der Waals surface area contributed by atoms with E-state index in [2.05, 4.69) is 24.0 Å². The van der Waals surface area contributed by atoms with Gasteiger partial charge in [0.25, 0.3) is 0 Å². The monoisotopic (exact) mass is 178 g/mol. The molecule has 0 saturated carbocycles. The van der Waals surface area contributed by atoms with Crippen LogP contribution in [0, 0.1) is 11.3 Å². The van der Waals surface area contributed by atoms with Crippen molar-refractivity contribution in [3.8, 4) is 6.07 Å². The Bertz CT molecular complexity index is 219. The Morgan fingerprint density at radius 2 is 2.00 bits per heavy atom. The number of hydrogen-bond acceptors (Lipinski definition) is 2. The fourth-order valence-electron chi connectivity index (χ4n) is 1.83. The van der Waals surface area contributed by atoms with Crippen LogP contribution in [0.2, 0.25) is 0 Å². The molecule has 0 aromatic carbocycles. The Morgan fingerprint density at radius 1 is 1.38 bits per heavy atom. The van der Waals surface area contributed by atoms with E-state index in [-0.39, 0.29) is 0 Å². The molecule has 1 rings (SSSR count). The van der Waals surface area contributed by atoms with Crippen LogP contribution < -0.4 is 0 Å². The molecule has 72 valence electrons. The molecule has 2 nitrogen and oxygen atoms in total. The van der Waals surface area contributed by atoms with E-state index in [4.69, 9.17) is 5.26 Å². The van der Waals surface area contributed by atoms with E-state index in [1.165, 1.54) is 32.4 Å². The van der Waals surface area contributed by atoms with Crippen LogP contribution in [0.4, 0.5) is 0 Å². The predicted octanol–water partition coefficient (Wildman–Crippen LogP) is 2.33. The third-order valence-electron chi connectivity index (χ3n) is 2.63. The third-order valence-corrected chi connectivity index (χ3v) is 2.63. The van der Waals surface area contributed by atoms with Crippen LogP contribution in [-0.2, 0) is 0 Å². The summed E-state index contributed by atoms with van der Waals surface area (Å²) in [6, 6.07) is 2.60. The highest BCUT2D eigenvalue weighted by Crippen LogP contribution is 2.13. The zero-order valence-corrected chi connectivity index (χ0v) is 8.58. The molecule has 0 aliphatic carbocycles. The SMILES string of the molecule is C/C(C#N)=C\C(C)N1CCCCC1. The fourth-order valence-corrected chi connectivity index (χ4v) is 1.83. The first-order chi connectivity index (χ1) is 6.24. The van der Waals surface area contributed by atoms with Gasteiger partial charge in [0.1, 0.15) is 0 Å². The quantitative estimate of drug-likeness (QED) is 0.607. The number of likely N-dealkylation sites (tertiary alicyclic amines) is 1. The van der Waals surface area contributed by atoms with E-state index in [1.807, 2.05) is 6.92 Å². The van der Waals surface area contributed by atoms with Crippen molar-refractivity contribution in [2.75, 3.05) is 13.1 Å². The van der Waals surface area contributed by atoms with Crippen molar-refractivity contribution in [2.24, 2.45) is 0 Å². The van der Waals surface area contributed by atoms with E-state index in [0.29, 0.717) is 6.04 Å². The van der Waals surface area contributed by atoms with E-state index in [1.54, 1.807) is 0 Å². The van der Waals surface area contributed by atoms with Crippen molar-refractivity contribution < 1.29 is 0 Å². The Hall–Kier alpha value is -0.810. The van der Waals surface area contributed by atoms with Gasteiger partial charge in [-0.15, -0.1) is 0 Å². The minimum Gasteiger partial charge on any atom is -0.297 e. The second-order valence-electron chi connectivity index (χ2n) is 3.80. The van der Waals surface area contributed by atoms with Crippen LogP contribution in [0.5, 0.6) is 0 Å². The van der Waals surface area contributed by atoms with E-state index >= 15 is 0 Å². The molecule has 0 spiro atoms. The summed E-state index contributed by atoms with van der Waals surface area (Å²) in [5.74, 6) is 0. The Kier molecular flexibility index (Phi) is 3.98. The summed E-state index contributed by atoms with van der Waals surface area (Å²) in [7, 11) is 0. The molecule has 0 aromatic rings. The summed E-state index contributed by atoms with van der Waals surface area (Å²) in [6.45, 7) is 6.43. The first-order valence-electron chi connectivity index (χ1n) is 5.06. The topological polar surface area (TPSA) is 27.0 Å². The average Bonchev–Trinajstić information content (AvgIpc) is 2.19. The van der Waals surface area contributed by atoms with Crippen LogP contribution in [0.25, 0.3) is 0 Å². The fraction of sp³-hybridized carbons (Fsp3) is 0.727. The molecular weight excluding hydrogens is 160 g/mol. The van der Waals surface area contributed by atoms with Crippen molar-refractivity contribution in [3.05, 3.63) is 11.6 Å². The summed E-state index contributed by atoms with van der Waals surface area (Å²) < 4.78 is 0. The molecule has 0 N–H and O–H groups in total. The first kappa shape index (κ1) is 10.3. The number of hydrogen-bond donors (Lipinski definition) is 0. The van der Waals surface area contributed by atoms with Gasteiger partial charge in [-0.25, -0.2) is 0 Å². The molecule has 0 bridgehead atoms. The summed E-state index contributed by atoms with van der Waals surface area (Å²) >= 11 is 0. The van der Waals surface area contributed by atoms with Gasteiger partial charge in [-0.3, -0.25) is 4.90 Å². The zero-order valence-electron chi connectivity index (χ0n) is 8.58. The second kappa shape index (κ2) is 5.04. The van der Waals surface area contributed by atoms with Gasteiger partial charge < -0.3 is 0 Å². The lowest BCUT2D eigenvalue weighted by Gasteiger charge is -2.30. The maximum absolute atomic E-state index is 8.65. The van der Waals surface area contributed by atoms with Crippen molar-refractivity contribution in [3.63, 3.8) is 0 Å². The molecule has 13 heavy (non-hydrogen) atoms. The third kappa shape index (κ3) is 3.20. The maximum atomic E-state index is 8.65. The van der Waals surface area contributed by atoms with Gasteiger partial charge in [0, 0.05) is 11.6 Å². The van der Waals surface area contributed by atoms with Gasteiger partial charge in [-0.05, 0) is 39.8 Å². The lowest BCUT2D eigenvalue weighted by atomic mass is 10.1. The first-order valence-corrected chi connectivity index (χ1v) is 5.06. The van der Waals surface area contributed by atoms with Crippen molar-refractivity contribution >= 4 is 0 Å². The van der Waals surface area contributed by atoms with Crippen molar-refractivity contribution in [2.45, 2.75) is 39.2 Å². The van der Waals surface area contributed by atoms with Crippen LogP contribution in [0.3, 0.4) is 0 Å². The molecule has 1 heterocycles. The van der Waals surface area contributed by atoms with Crippen molar-refractivity contribution in [1.82, 2.24) is 4.90 Å². The van der Waals surface area contributed by atoms with E-state index < -0.39 is 0 Å². The smallest absolute Gasteiger partial charge is 0.0941 e. The summed E-state index contributed by atoms with van der Waals surface area (Å²) in [4.78, 5) is 2.45. The molecule has 1 unspecified atom stereocenters. The van der Waals surface area contributed by atoms with E-state index in [0.717, 1.165) is 5.57 Å². The second-order valence-corrected chi connectivity index (χ2v) is 3.80. The van der Waals surface area contributed by atoms with Crippen LogP contribution in [-0.4, -0.2) is 24.0 Å². The molecule has 1 atom stereocenters. The molecule has 2 heteroatoms. The van der Waals surface area contributed by atoms with Crippen molar-refractivity contribution in [1.29, 1.82) is 5.26 Å². The summed E-state index contributed by atoms with van der Waals surface area (Å²) in [6.07, 6.45) is 6.04. The average molecular weight is 178 g/mol. The van der Waals surface area contributed by atoms with Gasteiger partial charge in [0.05, 0.1) is 6.07 Å². The lowest BCUT2D eigenvalue weighted by Crippen LogP contribution is -2.36. The van der Waals surface area contributed by atoms with Crippen LogP contribution in [0.15, 0.2) is 11.6 Å². The lowest BCUT2D eigenvalue weighted by molar-refractivity contribution is 0.200. The van der Waals surface area contributed by atoms with Gasteiger partial charge in [0.15, 0.2) is 0 Å². The number of nitriles is 1. The van der Waals surface area contributed by atoms with Gasteiger partial charge in [-0.2, -0.15) is 5.26 Å². The molecule has 0 aromatic heterocycles. The Balaban J connectivity index is 2.47. The summed E-state index contributed by atoms with van der Waals surface area (Å²) in [5, 5.41) is 8.65. The minimum atomic E-state index is 0.431. The number of allylic oxidation sites excluding steroid dienone is 1. The molecule has 1 aliphatic heterocycles. The minimum absolute atomic E-state index is 0.431. The highest BCUT2D eigenvalue weighted by Gasteiger charge is 2.14. The van der Waals surface area contributed by atoms with Crippen LogP contribution in [0.1, 0.15) is 33.1 Å². The molecule has 1 aliphatic rings. The standard InChI is InChI=1S/C11H18N2/c1-10(9-12)8-11(2)13-6-4-3-5-7-13/h8,11H,3-7H2,1-2H3/b10-8+. The molecular formula is C11H18N2. The molecule has 0 amide bonds. The molecule has 0 radical (unpaired) electrons. The van der Waals surface area contributed by atoms with Gasteiger partial charge in [-0.1, -0.05) is 12.5 Å². The van der Waals surface area contributed by atoms with Gasteiger partial charge >= 0.3 is 0 Å². The number of piperidine rings is 1. The number of rotatable bonds is 2. The molecule has 1 saturated heterocycles. The Morgan fingerprint density at radius 3 is 2.54 bits per heavy atom. The predicted molar refractivity (Wildman–Crippen MR) is 54.3 cm³/mol. The van der Waals surface area contributed by atoms with Crippen LogP contribution >= 0.6 is 0 Å². The zero-order chi connectivity index (χ0) is 9.68. The summed E-state index contributed by atoms with van der Waals surface area (Å²) in [5.41, 5.74) is 0.832. The normalized spacial score (nSPS) is 22.4. The van der Waals surface area contributed by atoms with Gasteiger partial charge in [0.2, 0.25) is 0 Å².